The quantitative estimate of drug-likeness (QED) is 0.765. The fourth-order valence-electron chi connectivity index (χ4n) is 1.88. The van der Waals surface area contributed by atoms with Crippen LogP contribution in [0.4, 0.5) is 14.5 Å². The maximum absolute atomic E-state index is 13.4. The van der Waals surface area contributed by atoms with Gasteiger partial charge in [-0.15, -0.1) is 0 Å². The first-order valence-electron chi connectivity index (χ1n) is 6.46. The van der Waals surface area contributed by atoms with Crippen LogP contribution in [0.3, 0.4) is 0 Å². The molecule has 0 bridgehead atoms. The maximum Gasteiger partial charge on any atom is 0.323 e. The largest absolute Gasteiger partial charge is 0.323 e. The Labute approximate surface area is 120 Å². The second-order valence-corrected chi connectivity index (χ2v) is 4.81. The third kappa shape index (κ3) is 4.20. The van der Waals surface area contributed by atoms with Gasteiger partial charge in [0.2, 0.25) is 0 Å². The summed E-state index contributed by atoms with van der Waals surface area (Å²) in [6.07, 6.45) is 0. The van der Waals surface area contributed by atoms with Crippen molar-refractivity contribution in [3.8, 4) is 0 Å². The molecule has 0 aromatic heterocycles. The molecule has 1 aromatic rings. The van der Waals surface area contributed by atoms with Gasteiger partial charge < -0.3 is 10.2 Å². The lowest BCUT2D eigenvalue weighted by Crippen LogP contribution is -2.54. The highest BCUT2D eigenvalue weighted by atomic mass is 19.1. The number of amides is 2. The van der Waals surface area contributed by atoms with Gasteiger partial charge in [-0.3, -0.25) is 15.0 Å². The van der Waals surface area contributed by atoms with Crippen LogP contribution in [-0.2, 0) is 9.59 Å². The van der Waals surface area contributed by atoms with E-state index in [9.17, 15) is 18.4 Å². The highest BCUT2D eigenvalue weighted by Gasteiger charge is 2.21. The second-order valence-electron chi connectivity index (χ2n) is 4.81. The number of hydrogen-bond acceptors (Lipinski definition) is 4. The van der Waals surface area contributed by atoms with E-state index in [0.717, 1.165) is 25.2 Å². The Kier molecular flexibility index (Phi) is 4.81. The van der Waals surface area contributed by atoms with E-state index < -0.39 is 23.4 Å². The molecule has 21 heavy (non-hydrogen) atoms. The number of carbonyl (C=O) groups is 2. The monoisotopic (exact) mass is 298 g/mol. The lowest BCUT2D eigenvalue weighted by atomic mass is 10.3. The highest BCUT2D eigenvalue weighted by Crippen LogP contribution is 2.14. The Bertz CT molecular complexity index is 545. The molecule has 0 spiro atoms. The van der Waals surface area contributed by atoms with Crippen molar-refractivity contribution in [1.82, 2.24) is 15.3 Å². The van der Waals surface area contributed by atoms with Crippen molar-refractivity contribution < 1.29 is 18.4 Å². The van der Waals surface area contributed by atoms with Crippen molar-refractivity contribution in [2.24, 2.45) is 0 Å². The minimum absolute atomic E-state index is 0.241. The Morgan fingerprint density at radius 3 is 2.38 bits per heavy atom. The number of rotatable bonds is 2. The van der Waals surface area contributed by atoms with Gasteiger partial charge in [0.05, 0.1) is 5.69 Å². The zero-order chi connectivity index (χ0) is 15.4. The van der Waals surface area contributed by atoms with Gasteiger partial charge in [0.25, 0.3) is 0 Å². The first kappa shape index (κ1) is 15.3. The van der Waals surface area contributed by atoms with Crippen LogP contribution in [-0.4, -0.2) is 54.9 Å². The summed E-state index contributed by atoms with van der Waals surface area (Å²) in [4.78, 5) is 25.5. The molecule has 1 heterocycles. The first-order valence-corrected chi connectivity index (χ1v) is 6.46. The van der Waals surface area contributed by atoms with Crippen LogP contribution in [0.1, 0.15) is 0 Å². The van der Waals surface area contributed by atoms with E-state index in [4.69, 9.17) is 0 Å². The molecule has 0 unspecified atom stereocenters. The normalized spacial score (nSPS) is 16.5. The molecule has 1 aromatic carbocycles. The summed E-state index contributed by atoms with van der Waals surface area (Å²) in [5.41, 5.74) is 2.21. The first-order chi connectivity index (χ1) is 9.95. The number of halogens is 2. The Morgan fingerprint density at radius 2 is 1.76 bits per heavy atom. The lowest BCUT2D eigenvalue weighted by Gasteiger charge is -2.32. The van der Waals surface area contributed by atoms with E-state index in [-0.39, 0.29) is 5.69 Å². The number of benzene rings is 1. The van der Waals surface area contributed by atoms with E-state index >= 15 is 0 Å². The SMILES string of the molecule is CN1CCN(NC(=O)C(=O)Nc2ccc(F)cc2F)CC1. The molecule has 0 atom stereocenters. The minimum Gasteiger partial charge on any atom is -0.315 e. The third-order valence-corrected chi connectivity index (χ3v) is 3.15. The van der Waals surface area contributed by atoms with Crippen molar-refractivity contribution in [3.63, 3.8) is 0 Å². The number of anilines is 1. The molecule has 6 nitrogen and oxygen atoms in total. The van der Waals surface area contributed by atoms with Crippen LogP contribution < -0.4 is 10.7 Å². The molecule has 114 valence electrons. The van der Waals surface area contributed by atoms with Gasteiger partial charge in [0.15, 0.2) is 0 Å². The average Bonchev–Trinajstić information content (AvgIpc) is 2.44. The topological polar surface area (TPSA) is 64.7 Å². The number of carbonyl (C=O) groups excluding carboxylic acids is 2. The molecule has 1 saturated heterocycles. The molecule has 0 aliphatic carbocycles. The lowest BCUT2D eigenvalue weighted by molar-refractivity contribution is -0.139. The molecule has 2 N–H and O–H groups in total. The molecular formula is C13H16F2N4O2. The summed E-state index contributed by atoms with van der Waals surface area (Å²) in [5.74, 6) is -3.58. The standard InChI is InChI=1S/C13H16F2N4O2/c1-18-4-6-19(7-5-18)17-13(21)12(20)16-11-3-2-9(14)8-10(11)15/h2-3,8H,4-7H2,1H3,(H,16,20)(H,17,21). The Hall–Kier alpha value is -2.06. The van der Waals surface area contributed by atoms with E-state index in [1.54, 1.807) is 5.01 Å². The summed E-state index contributed by atoms with van der Waals surface area (Å²) in [6, 6.07) is 2.69. The van der Waals surface area contributed by atoms with Gasteiger partial charge in [-0.2, -0.15) is 0 Å². The van der Waals surface area contributed by atoms with E-state index in [2.05, 4.69) is 15.6 Å². The van der Waals surface area contributed by atoms with Crippen LogP contribution in [0, 0.1) is 11.6 Å². The van der Waals surface area contributed by atoms with Gasteiger partial charge >= 0.3 is 11.8 Å². The van der Waals surface area contributed by atoms with Crippen molar-refractivity contribution in [2.45, 2.75) is 0 Å². The number of hydrogen-bond donors (Lipinski definition) is 2. The smallest absolute Gasteiger partial charge is 0.315 e. The molecule has 2 rings (SSSR count). The summed E-state index contributed by atoms with van der Waals surface area (Å²) in [6.45, 7) is 2.74. The van der Waals surface area contributed by atoms with Gasteiger partial charge in [0, 0.05) is 32.2 Å². The van der Waals surface area contributed by atoms with Gasteiger partial charge in [-0.25, -0.2) is 13.8 Å². The summed E-state index contributed by atoms with van der Waals surface area (Å²) in [5, 5.41) is 3.73. The van der Waals surface area contributed by atoms with E-state index in [0.29, 0.717) is 19.2 Å². The van der Waals surface area contributed by atoms with E-state index in [1.807, 2.05) is 7.05 Å². The summed E-state index contributed by atoms with van der Waals surface area (Å²) < 4.78 is 26.1. The molecule has 0 radical (unpaired) electrons. The van der Waals surface area contributed by atoms with Crippen molar-refractivity contribution in [2.75, 3.05) is 38.5 Å². The van der Waals surface area contributed by atoms with Crippen LogP contribution in [0.2, 0.25) is 0 Å². The zero-order valence-corrected chi connectivity index (χ0v) is 11.5. The van der Waals surface area contributed by atoms with Crippen LogP contribution >= 0.6 is 0 Å². The summed E-state index contributed by atoms with van der Waals surface area (Å²) in [7, 11) is 1.96. The van der Waals surface area contributed by atoms with E-state index in [1.165, 1.54) is 0 Å². The number of likely N-dealkylation sites (N-methyl/N-ethyl adjacent to an activating group) is 1. The molecule has 2 amide bonds. The molecule has 1 fully saturated rings. The van der Waals surface area contributed by atoms with Gasteiger partial charge in [-0.1, -0.05) is 0 Å². The molecule has 1 aliphatic heterocycles. The predicted molar refractivity (Wildman–Crippen MR) is 72.2 cm³/mol. The molecule has 1 aliphatic rings. The predicted octanol–water partition coefficient (Wildman–Crippen LogP) is 0.182. The fourth-order valence-corrected chi connectivity index (χ4v) is 1.88. The van der Waals surface area contributed by atoms with Crippen LogP contribution in [0.5, 0.6) is 0 Å². The number of hydrazine groups is 1. The maximum atomic E-state index is 13.4. The van der Waals surface area contributed by atoms with Crippen LogP contribution in [0.25, 0.3) is 0 Å². The van der Waals surface area contributed by atoms with Gasteiger partial charge in [-0.05, 0) is 19.2 Å². The Balaban J connectivity index is 1.89. The summed E-state index contributed by atoms with van der Waals surface area (Å²) >= 11 is 0. The average molecular weight is 298 g/mol. The van der Waals surface area contributed by atoms with Crippen molar-refractivity contribution in [3.05, 3.63) is 29.8 Å². The minimum atomic E-state index is -1.00. The third-order valence-electron chi connectivity index (χ3n) is 3.15. The van der Waals surface area contributed by atoms with Gasteiger partial charge in [0.1, 0.15) is 11.6 Å². The number of piperazine rings is 1. The Morgan fingerprint density at radius 1 is 1.10 bits per heavy atom. The second kappa shape index (κ2) is 6.59. The zero-order valence-electron chi connectivity index (χ0n) is 11.5. The molecule has 0 saturated carbocycles. The highest BCUT2D eigenvalue weighted by molar-refractivity contribution is 6.39. The molecule has 8 heteroatoms. The number of nitrogens with one attached hydrogen (secondary N) is 2. The van der Waals surface area contributed by atoms with Crippen molar-refractivity contribution in [1.29, 1.82) is 0 Å². The molecular weight excluding hydrogens is 282 g/mol. The van der Waals surface area contributed by atoms with Crippen molar-refractivity contribution >= 4 is 17.5 Å². The van der Waals surface area contributed by atoms with Crippen LogP contribution in [0.15, 0.2) is 18.2 Å². The number of nitrogens with zero attached hydrogens (tertiary/aromatic N) is 2. The fraction of sp³-hybridized carbons (Fsp3) is 0.385.